The topological polar surface area (TPSA) is 80.1 Å². The lowest BCUT2D eigenvalue weighted by Gasteiger charge is -2.35. The summed E-state index contributed by atoms with van der Waals surface area (Å²) in [7, 11) is 0. The van der Waals surface area contributed by atoms with Crippen molar-refractivity contribution in [3.8, 4) is 11.1 Å². The molecule has 0 amide bonds. The number of nitrogen functional groups attached to an aromatic ring is 1. The van der Waals surface area contributed by atoms with Gasteiger partial charge in [0.05, 0.1) is 23.9 Å². The van der Waals surface area contributed by atoms with Crippen LogP contribution in [0.25, 0.3) is 33.1 Å². The molecular formula is C23H25N5O. The van der Waals surface area contributed by atoms with Crippen LogP contribution in [0.2, 0.25) is 0 Å². The number of anilines is 1. The zero-order valence-corrected chi connectivity index (χ0v) is 16.7. The predicted octanol–water partition coefficient (Wildman–Crippen LogP) is 3.97. The summed E-state index contributed by atoms with van der Waals surface area (Å²) < 4.78 is 5.83. The Morgan fingerprint density at radius 3 is 2.52 bits per heavy atom. The molecule has 4 heterocycles. The van der Waals surface area contributed by atoms with Crippen LogP contribution >= 0.6 is 0 Å². The molecule has 1 fully saturated rings. The number of morpholine rings is 1. The zero-order valence-electron chi connectivity index (χ0n) is 16.7. The molecule has 1 aromatic carbocycles. The number of pyridine rings is 2. The molecule has 0 spiro atoms. The van der Waals surface area contributed by atoms with Crippen molar-refractivity contribution in [2.75, 3.05) is 18.8 Å². The minimum absolute atomic E-state index is 0.288. The quantitative estimate of drug-likeness (QED) is 0.556. The van der Waals surface area contributed by atoms with Crippen molar-refractivity contribution >= 4 is 27.8 Å². The Labute approximate surface area is 169 Å². The molecule has 0 aliphatic carbocycles. The molecule has 6 heteroatoms. The second kappa shape index (κ2) is 7.13. The minimum Gasteiger partial charge on any atom is -0.384 e. The SMILES string of the molecule is C[C@@H]1CN(Cc2ccc(-c3cnc4[nH]c5cnc(N)cc5c4c3)cc2)C[C@H](C)O1. The summed E-state index contributed by atoms with van der Waals surface area (Å²) in [6.07, 6.45) is 4.25. The van der Waals surface area contributed by atoms with Gasteiger partial charge in [-0.05, 0) is 37.1 Å². The Kier molecular flexibility index (Phi) is 4.45. The Balaban J connectivity index is 1.41. The number of nitrogens with one attached hydrogen (secondary N) is 1. The van der Waals surface area contributed by atoms with Crippen molar-refractivity contribution in [2.45, 2.75) is 32.6 Å². The van der Waals surface area contributed by atoms with Gasteiger partial charge >= 0.3 is 0 Å². The van der Waals surface area contributed by atoms with Crippen molar-refractivity contribution in [3.63, 3.8) is 0 Å². The van der Waals surface area contributed by atoms with Crippen molar-refractivity contribution in [1.29, 1.82) is 0 Å². The fraction of sp³-hybridized carbons (Fsp3) is 0.304. The minimum atomic E-state index is 0.288. The molecule has 0 saturated carbocycles. The smallest absolute Gasteiger partial charge is 0.138 e. The monoisotopic (exact) mass is 387 g/mol. The van der Waals surface area contributed by atoms with Crippen LogP contribution in [0.1, 0.15) is 19.4 Å². The van der Waals surface area contributed by atoms with E-state index in [-0.39, 0.29) is 12.2 Å². The van der Waals surface area contributed by atoms with Gasteiger partial charge < -0.3 is 15.5 Å². The number of H-pyrrole nitrogens is 1. The average Bonchev–Trinajstić information content (AvgIpc) is 3.05. The van der Waals surface area contributed by atoms with Gasteiger partial charge in [-0.3, -0.25) is 4.90 Å². The van der Waals surface area contributed by atoms with E-state index in [2.05, 4.69) is 64.0 Å². The summed E-state index contributed by atoms with van der Waals surface area (Å²) in [5.41, 5.74) is 11.2. The Morgan fingerprint density at radius 1 is 1.00 bits per heavy atom. The number of ether oxygens (including phenoxy) is 1. The Bertz CT molecular complexity index is 1160. The second-order valence-electron chi connectivity index (χ2n) is 8.05. The second-order valence-corrected chi connectivity index (χ2v) is 8.05. The van der Waals surface area contributed by atoms with E-state index < -0.39 is 0 Å². The van der Waals surface area contributed by atoms with Crippen LogP contribution in [0, 0.1) is 0 Å². The van der Waals surface area contributed by atoms with E-state index in [0.717, 1.165) is 52.7 Å². The molecule has 3 N–H and O–H groups in total. The number of hydrogen-bond donors (Lipinski definition) is 2. The van der Waals surface area contributed by atoms with Crippen LogP contribution in [0.15, 0.2) is 48.8 Å². The molecule has 0 bridgehead atoms. The van der Waals surface area contributed by atoms with Gasteiger partial charge in [0.2, 0.25) is 0 Å². The third-order valence-electron chi connectivity index (χ3n) is 5.54. The number of hydrogen-bond acceptors (Lipinski definition) is 5. The molecule has 0 radical (unpaired) electrons. The number of nitrogens with zero attached hydrogens (tertiary/aromatic N) is 3. The maximum Gasteiger partial charge on any atom is 0.138 e. The van der Waals surface area contributed by atoms with Gasteiger partial charge in [-0.15, -0.1) is 0 Å². The van der Waals surface area contributed by atoms with Crippen LogP contribution in [0.5, 0.6) is 0 Å². The van der Waals surface area contributed by atoms with Crippen LogP contribution in [0.4, 0.5) is 5.82 Å². The van der Waals surface area contributed by atoms with E-state index in [1.807, 2.05) is 12.3 Å². The lowest BCUT2D eigenvalue weighted by Crippen LogP contribution is -2.44. The molecule has 1 aliphatic heterocycles. The van der Waals surface area contributed by atoms with Crippen molar-refractivity contribution in [3.05, 3.63) is 54.4 Å². The van der Waals surface area contributed by atoms with Gasteiger partial charge in [0, 0.05) is 42.2 Å². The highest BCUT2D eigenvalue weighted by molar-refractivity contribution is 6.07. The normalized spacial score (nSPS) is 20.5. The maximum atomic E-state index is 5.88. The van der Waals surface area contributed by atoms with Crippen LogP contribution in [-0.4, -0.2) is 45.1 Å². The van der Waals surface area contributed by atoms with E-state index in [0.29, 0.717) is 5.82 Å². The average molecular weight is 387 g/mol. The molecule has 3 aromatic heterocycles. The van der Waals surface area contributed by atoms with Gasteiger partial charge in [0.15, 0.2) is 0 Å². The first-order valence-corrected chi connectivity index (χ1v) is 10.1. The molecule has 2 atom stereocenters. The molecule has 4 aromatic rings. The molecular weight excluding hydrogens is 362 g/mol. The predicted molar refractivity (Wildman–Crippen MR) is 117 cm³/mol. The van der Waals surface area contributed by atoms with Gasteiger partial charge in [0.25, 0.3) is 0 Å². The number of aromatic nitrogens is 3. The molecule has 29 heavy (non-hydrogen) atoms. The third-order valence-corrected chi connectivity index (χ3v) is 5.54. The summed E-state index contributed by atoms with van der Waals surface area (Å²) in [6.45, 7) is 7.19. The summed E-state index contributed by atoms with van der Waals surface area (Å²) in [5.74, 6) is 0.514. The maximum absolute atomic E-state index is 5.88. The van der Waals surface area contributed by atoms with Crippen LogP contribution < -0.4 is 5.73 Å². The van der Waals surface area contributed by atoms with Crippen molar-refractivity contribution in [1.82, 2.24) is 19.9 Å². The molecule has 1 saturated heterocycles. The number of benzene rings is 1. The largest absolute Gasteiger partial charge is 0.384 e. The lowest BCUT2D eigenvalue weighted by atomic mass is 10.0. The van der Waals surface area contributed by atoms with E-state index in [9.17, 15) is 0 Å². The molecule has 5 rings (SSSR count). The number of nitrogens with two attached hydrogens (primary N) is 1. The van der Waals surface area contributed by atoms with Gasteiger partial charge in [-0.1, -0.05) is 24.3 Å². The standard InChI is InChI=1S/C23H25N5O/c1-14-11-28(12-15(2)29-14)13-16-3-5-17(6-4-16)18-7-20-19-8-22(24)25-10-21(19)27-23(20)26-9-18/h3-10,14-15H,11-13H2,1-2H3,(H2,24,25)(H,26,27)/t14-,15+. The Hall–Kier alpha value is -2.96. The van der Waals surface area contributed by atoms with Gasteiger partial charge in [-0.25, -0.2) is 9.97 Å². The van der Waals surface area contributed by atoms with Gasteiger partial charge in [0.1, 0.15) is 11.5 Å². The van der Waals surface area contributed by atoms with Crippen LogP contribution in [-0.2, 0) is 11.3 Å². The fourth-order valence-electron chi connectivity index (χ4n) is 4.32. The van der Waals surface area contributed by atoms with E-state index >= 15 is 0 Å². The number of fused-ring (bicyclic) bond motifs is 3. The van der Waals surface area contributed by atoms with E-state index in [1.165, 1.54) is 5.56 Å². The molecule has 148 valence electrons. The lowest BCUT2D eigenvalue weighted by molar-refractivity contribution is -0.0704. The fourth-order valence-corrected chi connectivity index (χ4v) is 4.32. The number of aromatic amines is 1. The van der Waals surface area contributed by atoms with Crippen molar-refractivity contribution in [2.24, 2.45) is 0 Å². The van der Waals surface area contributed by atoms with Crippen LogP contribution in [0.3, 0.4) is 0 Å². The third kappa shape index (κ3) is 3.57. The summed E-state index contributed by atoms with van der Waals surface area (Å²) in [4.78, 5) is 14.5. The first kappa shape index (κ1) is 18.1. The molecule has 6 nitrogen and oxygen atoms in total. The summed E-state index contributed by atoms with van der Waals surface area (Å²) >= 11 is 0. The highest BCUT2D eigenvalue weighted by atomic mass is 16.5. The van der Waals surface area contributed by atoms with E-state index in [1.54, 1.807) is 6.20 Å². The first-order valence-electron chi connectivity index (χ1n) is 10.1. The zero-order chi connectivity index (χ0) is 20.0. The van der Waals surface area contributed by atoms with Crippen molar-refractivity contribution < 1.29 is 4.74 Å². The summed E-state index contributed by atoms with van der Waals surface area (Å²) in [6, 6.07) is 12.8. The van der Waals surface area contributed by atoms with E-state index in [4.69, 9.17) is 10.5 Å². The Morgan fingerprint density at radius 2 is 1.76 bits per heavy atom. The highest BCUT2D eigenvalue weighted by Crippen LogP contribution is 2.29. The highest BCUT2D eigenvalue weighted by Gasteiger charge is 2.22. The van der Waals surface area contributed by atoms with Gasteiger partial charge in [-0.2, -0.15) is 0 Å². The summed E-state index contributed by atoms with van der Waals surface area (Å²) in [5, 5.41) is 2.11. The molecule has 1 aliphatic rings. The number of rotatable bonds is 3. The molecule has 0 unspecified atom stereocenters. The first-order chi connectivity index (χ1) is 14.0.